The van der Waals surface area contributed by atoms with Gasteiger partial charge in [0.2, 0.25) is 0 Å². The fourth-order valence-electron chi connectivity index (χ4n) is 2.71. The van der Waals surface area contributed by atoms with Crippen LogP contribution >= 0.6 is 0 Å². The van der Waals surface area contributed by atoms with E-state index < -0.39 is 17.8 Å². The van der Waals surface area contributed by atoms with Crippen molar-refractivity contribution in [1.82, 2.24) is 10.0 Å². The molecule has 5 nitrogen and oxygen atoms in total. The first kappa shape index (κ1) is 18.9. The number of nitriles is 1. The molecule has 1 amide bonds. The van der Waals surface area contributed by atoms with Crippen LogP contribution in [0.2, 0.25) is 0 Å². The van der Waals surface area contributed by atoms with E-state index >= 15 is 0 Å². The SMILES string of the molecule is CC(C)C(Nc1ccc(C(F)(F)F)cc1)C(=O)N1CCCCN1C#N. The van der Waals surface area contributed by atoms with Crippen molar-refractivity contribution in [3.8, 4) is 6.19 Å². The molecule has 8 heteroatoms. The Labute approximate surface area is 145 Å². The van der Waals surface area contributed by atoms with Gasteiger partial charge < -0.3 is 5.32 Å². The second-order valence-electron chi connectivity index (χ2n) is 6.33. The smallest absolute Gasteiger partial charge is 0.373 e. The number of halogens is 3. The molecule has 0 saturated carbocycles. The van der Waals surface area contributed by atoms with Crippen LogP contribution in [0.4, 0.5) is 18.9 Å². The molecule has 0 aliphatic carbocycles. The molecule has 1 unspecified atom stereocenters. The summed E-state index contributed by atoms with van der Waals surface area (Å²) in [5, 5.41) is 15.0. The van der Waals surface area contributed by atoms with Crippen molar-refractivity contribution < 1.29 is 18.0 Å². The van der Waals surface area contributed by atoms with Gasteiger partial charge in [-0.2, -0.15) is 18.4 Å². The van der Waals surface area contributed by atoms with Gasteiger partial charge in [-0.15, -0.1) is 0 Å². The van der Waals surface area contributed by atoms with Crippen molar-refractivity contribution in [2.45, 2.75) is 38.9 Å². The average Bonchev–Trinajstić information content (AvgIpc) is 2.58. The molecule has 0 aromatic heterocycles. The van der Waals surface area contributed by atoms with Gasteiger partial charge in [0.1, 0.15) is 6.04 Å². The van der Waals surface area contributed by atoms with Crippen molar-refractivity contribution >= 4 is 11.6 Å². The van der Waals surface area contributed by atoms with Crippen molar-refractivity contribution in [1.29, 1.82) is 5.26 Å². The summed E-state index contributed by atoms with van der Waals surface area (Å²) in [5.41, 5.74) is -0.308. The lowest BCUT2D eigenvalue weighted by Gasteiger charge is -2.37. The molecule has 1 aromatic carbocycles. The van der Waals surface area contributed by atoms with Crippen molar-refractivity contribution in [3.63, 3.8) is 0 Å². The van der Waals surface area contributed by atoms with E-state index in [2.05, 4.69) is 5.32 Å². The minimum atomic E-state index is -4.40. The molecule has 0 spiro atoms. The highest BCUT2D eigenvalue weighted by Crippen LogP contribution is 2.30. The zero-order valence-electron chi connectivity index (χ0n) is 14.2. The minimum Gasteiger partial charge on any atom is -0.373 e. The zero-order valence-corrected chi connectivity index (χ0v) is 14.2. The number of hydrazine groups is 1. The Balaban J connectivity index is 2.15. The lowest BCUT2D eigenvalue weighted by Crippen LogP contribution is -2.54. The van der Waals surface area contributed by atoms with Crippen molar-refractivity contribution in [2.24, 2.45) is 5.92 Å². The average molecular weight is 354 g/mol. The van der Waals surface area contributed by atoms with E-state index in [4.69, 9.17) is 0 Å². The highest BCUT2D eigenvalue weighted by Gasteiger charge is 2.33. The number of amides is 1. The number of nitrogens with one attached hydrogen (secondary N) is 1. The number of carbonyl (C=O) groups excluding carboxylic acids is 1. The number of nitrogens with zero attached hydrogens (tertiary/aromatic N) is 3. The molecule has 1 saturated heterocycles. The van der Waals surface area contributed by atoms with Gasteiger partial charge in [0, 0.05) is 12.2 Å². The van der Waals surface area contributed by atoms with Crippen LogP contribution in [-0.2, 0) is 11.0 Å². The highest BCUT2D eigenvalue weighted by atomic mass is 19.4. The molecule has 1 heterocycles. The van der Waals surface area contributed by atoms with E-state index in [0.29, 0.717) is 18.8 Å². The molecule has 1 N–H and O–H groups in total. The minimum absolute atomic E-state index is 0.0998. The summed E-state index contributed by atoms with van der Waals surface area (Å²) >= 11 is 0. The van der Waals surface area contributed by atoms with Gasteiger partial charge in [-0.25, -0.2) is 10.0 Å². The second-order valence-corrected chi connectivity index (χ2v) is 6.33. The van der Waals surface area contributed by atoms with Gasteiger partial charge in [-0.05, 0) is 43.0 Å². The Kier molecular flexibility index (Phi) is 5.77. The van der Waals surface area contributed by atoms with Gasteiger partial charge in [0.05, 0.1) is 12.1 Å². The Morgan fingerprint density at radius 2 is 1.80 bits per heavy atom. The molecule has 1 aromatic rings. The van der Waals surface area contributed by atoms with Gasteiger partial charge in [0.25, 0.3) is 5.91 Å². The van der Waals surface area contributed by atoms with Crippen LogP contribution in [0.15, 0.2) is 24.3 Å². The van der Waals surface area contributed by atoms with Crippen LogP contribution in [-0.4, -0.2) is 35.1 Å². The maximum absolute atomic E-state index is 12.8. The van der Waals surface area contributed by atoms with Crippen LogP contribution in [0.25, 0.3) is 0 Å². The Morgan fingerprint density at radius 1 is 1.20 bits per heavy atom. The number of carbonyl (C=O) groups is 1. The standard InChI is InChI=1S/C17H21F3N4O/c1-12(2)15(16(25)24-10-4-3-9-23(24)11-21)22-14-7-5-13(6-8-14)17(18,19)20/h5-8,12,15,22H,3-4,9-10H2,1-2H3. The Morgan fingerprint density at radius 3 is 2.32 bits per heavy atom. The van der Waals surface area contributed by atoms with Crippen LogP contribution in [0.3, 0.4) is 0 Å². The number of rotatable bonds is 4. The van der Waals surface area contributed by atoms with Crippen molar-refractivity contribution in [3.05, 3.63) is 29.8 Å². The largest absolute Gasteiger partial charge is 0.416 e. The predicted octanol–water partition coefficient (Wildman–Crippen LogP) is 3.46. The first-order valence-corrected chi connectivity index (χ1v) is 8.16. The second kappa shape index (κ2) is 7.64. The van der Waals surface area contributed by atoms with E-state index in [9.17, 15) is 23.2 Å². The Hall–Kier alpha value is -2.43. The van der Waals surface area contributed by atoms with Crippen LogP contribution in [0.1, 0.15) is 32.3 Å². The summed E-state index contributed by atoms with van der Waals surface area (Å²) in [6.07, 6.45) is -0.736. The molecular formula is C17H21F3N4O. The van der Waals surface area contributed by atoms with E-state index in [1.165, 1.54) is 22.2 Å². The summed E-state index contributed by atoms with van der Waals surface area (Å²) in [6.45, 7) is 4.65. The van der Waals surface area contributed by atoms with Crippen LogP contribution in [0, 0.1) is 17.4 Å². The number of alkyl halides is 3. The summed E-state index contributed by atoms with van der Waals surface area (Å²) < 4.78 is 37.9. The highest BCUT2D eigenvalue weighted by molar-refractivity contribution is 5.84. The van der Waals surface area contributed by atoms with Crippen LogP contribution in [0.5, 0.6) is 0 Å². The topological polar surface area (TPSA) is 59.4 Å². The van der Waals surface area contributed by atoms with Gasteiger partial charge >= 0.3 is 6.18 Å². The zero-order chi connectivity index (χ0) is 18.6. The molecular weight excluding hydrogens is 333 g/mol. The third-order valence-corrected chi connectivity index (χ3v) is 4.12. The number of hydrogen-bond donors (Lipinski definition) is 1. The van der Waals surface area contributed by atoms with E-state index in [-0.39, 0.29) is 11.8 Å². The normalized spacial score (nSPS) is 16.5. The van der Waals surface area contributed by atoms with Gasteiger partial charge in [-0.1, -0.05) is 13.8 Å². The number of benzene rings is 1. The fourth-order valence-corrected chi connectivity index (χ4v) is 2.71. The summed E-state index contributed by atoms with van der Waals surface area (Å²) in [5.74, 6) is -0.353. The number of hydrogen-bond acceptors (Lipinski definition) is 4. The van der Waals surface area contributed by atoms with Crippen molar-refractivity contribution in [2.75, 3.05) is 18.4 Å². The Bertz CT molecular complexity index is 637. The summed E-state index contributed by atoms with van der Waals surface area (Å²) in [7, 11) is 0. The van der Waals surface area contributed by atoms with E-state index in [1.807, 2.05) is 20.0 Å². The fraction of sp³-hybridized carbons (Fsp3) is 0.529. The first-order valence-electron chi connectivity index (χ1n) is 8.16. The molecule has 25 heavy (non-hydrogen) atoms. The predicted molar refractivity (Wildman–Crippen MR) is 87.0 cm³/mol. The maximum atomic E-state index is 12.8. The maximum Gasteiger partial charge on any atom is 0.416 e. The number of anilines is 1. The van der Waals surface area contributed by atoms with Gasteiger partial charge in [0.15, 0.2) is 6.19 Å². The summed E-state index contributed by atoms with van der Waals surface area (Å²) in [4.78, 5) is 12.8. The molecule has 0 radical (unpaired) electrons. The van der Waals surface area contributed by atoms with E-state index in [0.717, 1.165) is 25.0 Å². The van der Waals surface area contributed by atoms with Gasteiger partial charge in [-0.3, -0.25) is 4.79 Å². The van der Waals surface area contributed by atoms with Crippen LogP contribution < -0.4 is 5.32 Å². The molecule has 0 bridgehead atoms. The molecule has 1 atom stereocenters. The third kappa shape index (κ3) is 4.56. The first-order chi connectivity index (χ1) is 11.7. The van der Waals surface area contributed by atoms with E-state index in [1.54, 1.807) is 0 Å². The molecule has 1 aliphatic heterocycles. The quantitative estimate of drug-likeness (QED) is 0.841. The molecule has 2 rings (SSSR count). The third-order valence-electron chi connectivity index (χ3n) is 4.12. The lowest BCUT2D eigenvalue weighted by molar-refractivity contribution is -0.148. The molecule has 1 aliphatic rings. The lowest BCUT2D eigenvalue weighted by atomic mass is 10.0. The molecule has 136 valence electrons. The molecule has 1 fully saturated rings. The summed E-state index contributed by atoms with van der Waals surface area (Å²) in [6, 6.07) is 3.94. The monoisotopic (exact) mass is 354 g/mol.